The summed E-state index contributed by atoms with van der Waals surface area (Å²) in [5.41, 5.74) is 3.67. The summed E-state index contributed by atoms with van der Waals surface area (Å²) < 4.78 is 12.1. The molecule has 27 heavy (non-hydrogen) atoms. The molecule has 7 heteroatoms. The smallest absolute Gasteiger partial charge is 0.263 e. The highest BCUT2D eigenvalue weighted by atomic mass is 32.2. The third-order valence-corrected chi connectivity index (χ3v) is 5.31. The second-order valence-electron chi connectivity index (χ2n) is 6.02. The van der Waals surface area contributed by atoms with Crippen LogP contribution in [0.5, 0.6) is 5.75 Å². The van der Waals surface area contributed by atoms with Crippen molar-refractivity contribution in [1.82, 2.24) is 10.3 Å². The molecule has 0 radical (unpaired) electrons. The van der Waals surface area contributed by atoms with Crippen LogP contribution in [-0.2, 0) is 4.79 Å². The molecule has 0 bridgehead atoms. The number of carbonyl (C=O) groups excluding carboxylic acids is 1. The van der Waals surface area contributed by atoms with Crippen LogP contribution in [0.4, 0.5) is 0 Å². The molecule has 5 nitrogen and oxygen atoms in total. The molecule has 1 aromatic carbocycles. The molecule has 1 aliphatic heterocycles. The number of pyridine rings is 1. The predicted octanol–water partition coefficient (Wildman–Crippen LogP) is 4.69. The van der Waals surface area contributed by atoms with Crippen LogP contribution >= 0.6 is 24.0 Å². The monoisotopic (exact) mass is 396 g/mol. The van der Waals surface area contributed by atoms with Crippen molar-refractivity contribution in [3.63, 3.8) is 0 Å². The van der Waals surface area contributed by atoms with E-state index in [-0.39, 0.29) is 5.91 Å². The number of benzene rings is 1. The minimum absolute atomic E-state index is 0.203. The van der Waals surface area contributed by atoms with Gasteiger partial charge in [0.1, 0.15) is 21.4 Å². The summed E-state index contributed by atoms with van der Waals surface area (Å²) in [6.07, 6.45) is 5.23. The van der Waals surface area contributed by atoms with Crippen molar-refractivity contribution >= 4 is 51.3 Å². The Balaban J connectivity index is 1.76. The molecule has 1 saturated heterocycles. The highest BCUT2D eigenvalue weighted by molar-refractivity contribution is 8.26. The number of hydrogen-bond donors (Lipinski definition) is 1. The van der Waals surface area contributed by atoms with Gasteiger partial charge in [0.05, 0.1) is 11.5 Å². The molecule has 136 valence electrons. The lowest BCUT2D eigenvalue weighted by atomic mass is 10.0. The van der Waals surface area contributed by atoms with Gasteiger partial charge in [0.2, 0.25) is 0 Å². The van der Waals surface area contributed by atoms with Crippen molar-refractivity contribution < 1.29 is 13.9 Å². The van der Waals surface area contributed by atoms with E-state index in [2.05, 4.69) is 16.4 Å². The van der Waals surface area contributed by atoms with Crippen LogP contribution in [0.15, 0.2) is 46.0 Å². The number of ether oxygens (including phenoxy) is 1. The van der Waals surface area contributed by atoms with E-state index in [9.17, 15) is 4.79 Å². The molecule has 3 heterocycles. The van der Waals surface area contributed by atoms with Crippen molar-refractivity contribution in [3.8, 4) is 16.9 Å². The second kappa shape index (κ2) is 7.17. The largest absolute Gasteiger partial charge is 0.494 e. The topological polar surface area (TPSA) is 64.4 Å². The summed E-state index contributed by atoms with van der Waals surface area (Å²) in [7, 11) is 0. The predicted molar refractivity (Wildman–Crippen MR) is 112 cm³/mol. The zero-order chi connectivity index (χ0) is 19.0. The number of aromatic nitrogens is 1. The number of nitrogens with one attached hydrogen (secondary N) is 1. The van der Waals surface area contributed by atoms with Gasteiger partial charge in [-0.1, -0.05) is 30.0 Å². The molecule has 4 rings (SSSR count). The van der Waals surface area contributed by atoms with Crippen LogP contribution in [0, 0.1) is 6.92 Å². The first kappa shape index (κ1) is 17.8. The first-order valence-electron chi connectivity index (χ1n) is 8.41. The molecule has 0 aliphatic carbocycles. The number of thioether (sulfide) groups is 1. The summed E-state index contributed by atoms with van der Waals surface area (Å²) in [6.45, 7) is 4.61. The Bertz CT molecular complexity index is 1100. The molecule has 0 saturated carbocycles. The van der Waals surface area contributed by atoms with Crippen molar-refractivity contribution in [3.05, 3.63) is 52.9 Å². The van der Waals surface area contributed by atoms with Crippen molar-refractivity contribution in [1.29, 1.82) is 0 Å². The number of nitrogens with zero attached hydrogens (tertiary/aromatic N) is 1. The second-order valence-corrected chi connectivity index (χ2v) is 7.74. The van der Waals surface area contributed by atoms with Crippen molar-refractivity contribution in [2.45, 2.75) is 13.8 Å². The quantitative estimate of drug-likeness (QED) is 0.510. The summed E-state index contributed by atoms with van der Waals surface area (Å²) >= 11 is 6.25. The van der Waals surface area contributed by atoms with Gasteiger partial charge in [0.25, 0.3) is 5.91 Å². The van der Waals surface area contributed by atoms with Gasteiger partial charge >= 0.3 is 0 Å². The molecular weight excluding hydrogens is 380 g/mol. The normalized spacial score (nSPS) is 15.6. The molecule has 1 aliphatic rings. The fourth-order valence-electron chi connectivity index (χ4n) is 2.94. The number of rotatable bonds is 4. The van der Waals surface area contributed by atoms with Crippen LogP contribution in [0.3, 0.4) is 0 Å². The van der Waals surface area contributed by atoms with Crippen LogP contribution in [0.1, 0.15) is 18.2 Å². The Morgan fingerprint density at radius 3 is 2.89 bits per heavy atom. The fraction of sp³-hybridized carbons (Fsp3) is 0.150. The van der Waals surface area contributed by atoms with E-state index in [0.717, 1.165) is 33.4 Å². The average molecular weight is 396 g/mol. The van der Waals surface area contributed by atoms with Crippen LogP contribution < -0.4 is 10.1 Å². The molecule has 0 unspecified atom stereocenters. The molecule has 1 fully saturated rings. The van der Waals surface area contributed by atoms with E-state index in [4.69, 9.17) is 21.4 Å². The van der Waals surface area contributed by atoms with Crippen LogP contribution in [0.25, 0.3) is 28.2 Å². The molecule has 3 aromatic rings. The first-order chi connectivity index (χ1) is 13.0. The van der Waals surface area contributed by atoms with Gasteiger partial charge in [-0.25, -0.2) is 0 Å². The molecule has 0 atom stereocenters. The Kier molecular flexibility index (Phi) is 4.72. The Hall–Kier alpha value is -2.64. The lowest BCUT2D eigenvalue weighted by Gasteiger charge is -2.09. The Morgan fingerprint density at radius 1 is 1.33 bits per heavy atom. The first-order valence-corrected chi connectivity index (χ1v) is 9.64. The highest BCUT2D eigenvalue weighted by Crippen LogP contribution is 2.34. The molecule has 2 aromatic heterocycles. The number of carbonyl (C=O) groups is 1. The number of furan rings is 1. The molecule has 1 amide bonds. The van der Waals surface area contributed by atoms with Gasteiger partial charge in [0, 0.05) is 29.4 Å². The Morgan fingerprint density at radius 2 is 2.19 bits per heavy atom. The zero-order valence-corrected chi connectivity index (χ0v) is 16.4. The number of hydrogen-bond acceptors (Lipinski definition) is 6. The molecule has 1 N–H and O–H groups in total. The van der Waals surface area contributed by atoms with Crippen molar-refractivity contribution in [2.75, 3.05) is 6.61 Å². The van der Waals surface area contributed by atoms with Gasteiger partial charge in [-0.15, -0.1) is 0 Å². The fourth-order valence-corrected chi connectivity index (χ4v) is 3.97. The molecule has 0 spiro atoms. The van der Waals surface area contributed by atoms with Gasteiger partial charge < -0.3 is 14.5 Å². The Labute approximate surface area is 165 Å². The third kappa shape index (κ3) is 3.48. The molecular formula is C20H16N2O3S2. The van der Waals surface area contributed by atoms with E-state index < -0.39 is 0 Å². The third-order valence-electron chi connectivity index (χ3n) is 4.14. The zero-order valence-electron chi connectivity index (χ0n) is 14.7. The number of thiocarbonyl (C=S) groups is 1. The summed E-state index contributed by atoms with van der Waals surface area (Å²) in [4.78, 5) is 16.7. The van der Waals surface area contributed by atoms with Crippen molar-refractivity contribution in [2.24, 2.45) is 0 Å². The number of amides is 1. The van der Waals surface area contributed by atoms with E-state index in [1.807, 2.05) is 32.0 Å². The van der Waals surface area contributed by atoms with E-state index in [1.165, 1.54) is 11.8 Å². The summed E-state index contributed by atoms with van der Waals surface area (Å²) in [6, 6.07) is 7.88. The van der Waals surface area contributed by atoms with Gasteiger partial charge in [-0.2, -0.15) is 0 Å². The maximum absolute atomic E-state index is 11.9. The maximum atomic E-state index is 11.9. The highest BCUT2D eigenvalue weighted by Gasteiger charge is 2.23. The summed E-state index contributed by atoms with van der Waals surface area (Å²) in [5, 5.41) is 3.47. The lowest BCUT2D eigenvalue weighted by Crippen LogP contribution is -2.17. The van der Waals surface area contributed by atoms with Crippen LogP contribution in [-0.4, -0.2) is 21.8 Å². The average Bonchev–Trinajstić information content (AvgIpc) is 3.19. The minimum Gasteiger partial charge on any atom is -0.494 e. The van der Waals surface area contributed by atoms with Gasteiger partial charge in [0.15, 0.2) is 0 Å². The SMILES string of the molecule is CCOc1ccc(-c2cncc3cc(C=C4SC(=S)NC4=O)oc23)cc1C. The minimum atomic E-state index is -0.203. The lowest BCUT2D eigenvalue weighted by molar-refractivity contribution is -0.115. The number of aryl methyl sites for hydroxylation is 1. The van der Waals surface area contributed by atoms with Gasteiger partial charge in [-0.05, 0) is 43.2 Å². The van der Waals surface area contributed by atoms with E-state index in [0.29, 0.717) is 21.6 Å². The maximum Gasteiger partial charge on any atom is 0.263 e. The van der Waals surface area contributed by atoms with E-state index >= 15 is 0 Å². The van der Waals surface area contributed by atoms with E-state index in [1.54, 1.807) is 18.5 Å². The van der Waals surface area contributed by atoms with Crippen LogP contribution in [0.2, 0.25) is 0 Å². The standard InChI is InChI=1S/C20H16N2O3S2/c1-3-24-16-5-4-12(6-11(16)2)15-10-21-9-13-7-14(25-18(13)15)8-17-19(23)22-20(26)27-17/h4-10H,3H2,1-2H3,(H,22,23,26). The number of fused-ring (bicyclic) bond motifs is 1. The van der Waals surface area contributed by atoms with Gasteiger partial charge in [-0.3, -0.25) is 9.78 Å². The summed E-state index contributed by atoms with van der Waals surface area (Å²) in [5.74, 6) is 1.25.